The number of carboxylic acids is 1. The Morgan fingerprint density at radius 3 is 2.64 bits per heavy atom. The third-order valence-electron chi connectivity index (χ3n) is 2.80. The predicted octanol–water partition coefficient (Wildman–Crippen LogP) is 3.44. The number of aryl methyl sites for hydroxylation is 1. The number of esters is 1. The van der Waals surface area contributed by atoms with Gasteiger partial charge in [-0.25, -0.2) is 9.59 Å². The molecule has 5 nitrogen and oxygen atoms in total. The Morgan fingerprint density at radius 2 is 1.95 bits per heavy atom. The molecule has 0 aromatic heterocycles. The maximum atomic E-state index is 11.7. The van der Waals surface area contributed by atoms with Crippen molar-refractivity contribution in [3.05, 3.63) is 58.1 Å². The van der Waals surface area contributed by atoms with E-state index in [9.17, 15) is 9.59 Å². The molecule has 0 amide bonds. The molecule has 2 rings (SSSR count). The SMILES string of the molecule is Cc1cc(Br)ccc1OCC(=O)Oc1cccc(C(=O)O)c1. The molecule has 0 fully saturated rings. The summed E-state index contributed by atoms with van der Waals surface area (Å²) in [5.41, 5.74) is 0.935. The number of halogens is 1. The summed E-state index contributed by atoms with van der Waals surface area (Å²) in [5.74, 6) is -0.940. The molecular formula is C16H13BrO5. The third kappa shape index (κ3) is 4.33. The molecule has 0 aliphatic rings. The fraction of sp³-hybridized carbons (Fsp3) is 0.125. The van der Waals surface area contributed by atoms with E-state index in [4.69, 9.17) is 14.6 Å². The van der Waals surface area contributed by atoms with Crippen LogP contribution in [0.25, 0.3) is 0 Å². The molecule has 114 valence electrons. The minimum absolute atomic E-state index is 0.0509. The smallest absolute Gasteiger partial charge is 0.349 e. The average Bonchev–Trinajstić information content (AvgIpc) is 2.46. The average molecular weight is 365 g/mol. The maximum Gasteiger partial charge on any atom is 0.349 e. The van der Waals surface area contributed by atoms with Gasteiger partial charge in [-0.3, -0.25) is 0 Å². The summed E-state index contributed by atoms with van der Waals surface area (Å²) in [4.78, 5) is 22.6. The number of hydrogen-bond acceptors (Lipinski definition) is 4. The van der Waals surface area contributed by atoms with E-state index in [1.165, 1.54) is 24.3 Å². The second kappa shape index (κ2) is 7.09. The zero-order valence-corrected chi connectivity index (χ0v) is 13.3. The molecule has 0 bridgehead atoms. The van der Waals surface area contributed by atoms with E-state index >= 15 is 0 Å². The monoisotopic (exact) mass is 364 g/mol. The van der Waals surface area contributed by atoms with Gasteiger partial charge in [0.05, 0.1) is 5.56 Å². The highest BCUT2D eigenvalue weighted by Gasteiger charge is 2.10. The van der Waals surface area contributed by atoms with Crippen LogP contribution < -0.4 is 9.47 Å². The van der Waals surface area contributed by atoms with Crippen LogP contribution in [0.1, 0.15) is 15.9 Å². The van der Waals surface area contributed by atoms with Crippen LogP contribution in [0.3, 0.4) is 0 Å². The highest BCUT2D eigenvalue weighted by molar-refractivity contribution is 9.10. The normalized spacial score (nSPS) is 10.1. The van der Waals surface area contributed by atoms with Gasteiger partial charge in [-0.05, 0) is 48.9 Å². The molecular weight excluding hydrogens is 352 g/mol. The molecule has 0 spiro atoms. The van der Waals surface area contributed by atoms with Crippen LogP contribution in [-0.4, -0.2) is 23.7 Å². The van der Waals surface area contributed by atoms with Crippen LogP contribution in [-0.2, 0) is 4.79 Å². The first-order valence-corrected chi connectivity index (χ1v) is 7.18. The lowest BCUT2D eigenvalue weighted by molar-refractivity contribution is -0.136. The Hall–Kier alpha value is -2.34. The number of carbonyl (C=O) groups excluding carboxylic acids is 1. The molecule has 0 atom stereocenters. The highest BCUT2D eigenvalue weighted by Crippen LogP contribution is 2.22. The second-order valence-corrected chi connectivity index (χ2v) is 5.42. The van der Waals surface area contributed by atoms with Gasteiger partial charge in [0.15, 0.2) is 6.61 Å². The molecule has 1 N–H and O–H groups in total. The first-order valence-electron chi connectivity index (χ1n) is 6.38. The van der Waals surface area contributed by atoms with Gasteiger partial charge in [-0.15, -0.1) is 0 Å². The number of benzene rings is 2. The lowest BCUT2D eigenvalue weighted by atomic mass is 10.2. The zero-order chi connectivity index (χ0) is 16.1. The van der Waals surface area contributed by atoms with E-state index in [0.29, 0.717) is 5.75 Å². The van der Waals surface area contributed by atoms with E-state index in [1.54, 1.807) is 6.07 Å². The van der Waals surface area contributed by atoms with Crippen molar-refractivity contribution in [2.75, 3.05) is 6.61 Å². The maximum absolute atomic E-state index is 11.7. The van der Waals surface area contributed by atoms with E-state index in [2.05, 4.69) is 15.9 Å². The van der Waals surface area contributed by atoms with Crippen molar-refractivity contribution >= 4 is 27.9 Å². The summed E-state index contributed by atoms with van der Waals surface area (Å²) < 4.78 is 11.4. The number of carbonyl (C=O) groups is 2. The molecule has 0 heterocycles. The summed E-state index contributed by atoms with van der Waals surface area (Å²) in [6, 6.07) is 11.1. The lowest BCUT2D eigenvalue weighted by Crippen LogP contribution is -2.18. The van der Waals surface area contributed by atoms with Crippen molar-refractivity contribution in [2.24, 2.45) is 0 Å². The number of ether oxygens (including phenoxy) is 2. The second-order valence-electron chi connectivity index (χ2n) is 4.51. The number of carboxylic acid groups (broad SMARTS) is 1. The van der Waals surface area contributed by atoms with Gasteiger partial charge in [0, 0.05) is 4.47 Å². The van der Waals surface area contributed by atoms with Gasteiger partial charge in [0.2, 0.25) is 0 Å². The summed E-state index contributed by atoms with van der Waals surface area (Å²) in [6.45, 7) is 1.60. The van der Waals surface area contributed by atoms with Gasteiger partial charge in [0.1, 0.15) is 11.5 Å². The minimum atomic E-state index is -1.08. The fourth-order valence-electron chi connectivity index (χ4n) is 1.76. The molecule has 0 aliphatic carbocycles. The molecule has 0 saturated heterocycles. The molecule has 6 heteroatoms. The van der Waals surface area contributed by atoms with E-state index < -0.39 is 11.9 Å². The van der Waals surface area contributed by atoms with Gasteiger partial charge >= 0.3 is 11.9 Å². The predicted molar refractivity (Wildman–Crippen MR) is 83.4 cm³/mol. The Labute approximate surface area is 135 Å². The summed E-state index contributed by atoms with van der Waals surface area (Å²) in [6.07, 6.45) is 0. The topological polar surface area (TPSA) is 72.8 Å². The van der Waals surface area contributed by atoms with Gasteiger partial charge in [-0.2, -0.15) is 0 Å². The molecule has 22 heavy (non-hydrogen) atoms. The largest absolute Gasteiger partial charge is 0.482 e. The van der Waals surface area contributed by atoms with E-state index in [0.717, 1.165) is 10.0 Å². The number of rotatable bonds is 5. The van der Waals surface area contributed by atoms with E-state index in [1.807, 2.05) is 19.1 Å². The van der Waals surface area contributed by atoms with Crippen LogP contribution in [0.2, 0.25) is 0 Å². The van der Waals surface area contributed by atoms with Crippen molar-refractivity contribution in [2.45, 2.75) is 6.92 Å². The van der Waals surface area contributed by atoms with Gasteiger partial charge in [-0.1, -0.05) is 22.0 Å². The molecule has 0 saturated carbocycles. The van der Waals surface area contributed by atoms with Crippen molar-refractivity contribution in [1.82, 2.24) is 0 Å². The first kappa shape index (κ1) is 16.0. The van der Waals surface area contributed by atoms with Crippen LogP contribution >= 0.6 is 15.9 Å². The van der Waals surface area contributed by atoms with Gasteiger partial charge in [0.25, 0.3) is 0 Å². The third-order valence-corrected chi connectivity index (χ3v) is 3.29. The lowest BCUT2D eigenvalue weighted by Gasteiger charge is -2.09. The summed E-state index contributed by atoms with van der Waals surface area (Å²) >= 11 is 3.34. The molecule has 0 unspecified atom stereocenters. The Morgan fingerprint density at radius 1 is 1.18 bits per heavy atom. The van der Waals surface area contributed by atoms with E-state index in [-0.39, 0.29) is 17.9 Å². The highest BCUT2D eigenvalue weighted by atomic mass is 79.9. The Bertz CT molecular complexity index is 711. The molecule has 2 aromatic rings. The van der Waals surface area contributed by atoms with Crippen molar-refractivity contribution in [3.8, 4) is 11.5 Å². The standard InChI is InChI=1S/C16H13BrO5/c1-10-7-12(17)5-6-14(10)21-9-15(18)22-13-4-2-3-11(8-13)16(19)20/h2-8H,9H2,1H3,(H,19,20). The number of aromatic carboxylic acids is 1. The first-order chi connectivity index (χ1) is 10.5. The Kier molecular flexibility index (Phi) is 5.16. The molecule has 0 aliphatic heterocycles. The Balaban J connectivity index is 1.95. The molecule has 2 aromatic carbocycles. The van der Waals surface area contributed by atoms with Crippen LogP contribution in [0.4, 0.5) is 0 Å². The van der Waals surface area contributed by atoms with Crippen molar-refractivity contribution in [3.63, 3.8) is 0 Å². The summed E-state index contributed by atoms with van der Waals surface area (Å²) in [5, 5.41) is 8.88. The zero-order valence-electron chi connectivity index (χ0n) is 11.7. The van der Waals surface area contributed by atoms with Crippen molar-refractivity contribution in [1.29, 1.82) is 0 Å². The van der Waals surface area contributed by atoms with Crippen molar-refractivity contribution < 1.29 is 24.2 Å². The summed E-state index contributed by atoms with van der Waals surface area (Å²) in [7, 11) is 0. The quantitative estimate of drug-likeness (QED) is 0.649. The molecule has 0 radical (unpaired) electrons. The van der Waals surface area contributed by atoms with Gasteiger partial charge < -0.3 is 14.6 Å². The minimum Gasteiger partial charge on any atom is -0.482 e. The van der Waals surface area contributed by atoms with Crippen LogP contribution in [0.5, 0.6) is 11.5 Å². The fourth-order valence-corrected chi connectivity index (χ4v) is 2.24. The number of hydrogen-bond donors (Lipinski definition) is 1. The van der Waals surface area contributed by atoms with Crippen LogP contribution in [0.15, 0.2) is 46.9 Å². The van der Waals surface area contributed by atoms with Crippen LogP contribution in [0, 0.1) is 6.92 Å².